The Morgan fingerprint density at radius 3 is 2.53 bits per heavy atom. The summed E-state index contributed by atoms with van der Waals surface area (Å²) < 4.78 is 5.40. The first kappa shape index (κ1) is 14.4. The van der Waals surface area contributed by atoms with Gasteiger partial charge in [-0.05, 0) is 6.42 Å². The van der Waals surface area contributed by atoms with E-state index in [1.54, 1.807) is 0 Å². The summed E-state index contributed by atoms with van der Waals surface area (Å²) in [7, 11) is 0. The molecule has 0 aliphatic carbocycles. The molecule has 0 aromatic carbocycles. The van der Waals surface area contributed by atoms with E-state index in [0.717, 1.165) is 6.42 Å². The molecule has 4 nitrogen and oxygen atoms in total. The Bertz CT molecular complexity index is 172. The molecule has 3 N–H and O–H groups in total. The van der Waals surface area contributed by atoms with Crippen molar-refractivity contribution < 1.29 is 9.53 Å². The van der Waals surface area contributed by atoms with E-state index in [2.05, 4.69) is 12.2 Å². The van der Waals surface area contributed by atoms with Crippen LogP contribution in [0.25, 0.3) is 0 Å². The van der Waals surface area contributed by atoms with E-state index in [9.17, 15) is 4.79 Å². The lowest BCUT2D eigenvalue weighted by atomic mass is 10.2. The van der Waals surface area contributed by atoms with E-state index in [-0.39, 0.29) is 18.0 Å². The number of primary amides is 1. The third kappa shape index (κ3) is 8.39. The summed E-state index contributed by atoms with van der Waals surface area (Å²) in [6.07, 6.45) is 3.38. The van der Waals surface area contributed by atoms with E-state index < -0.39 is 0 Å². The molecular weight excluding hydrogens is 192 g/mol. The van der Waals surface area contributed by atoms with Crippen LogP contribution in [0.2, 0.25) is 0 Å². The number of amides is 1. The van der Waals surface area contributed by atoms with Crippen molar-refractivity contribution >= 4 is 5.91 Å². The Morgan fingerprint density at radius 1 is 1.40 bits per heavy atom. The van der Waals surface area contributed by atoms with Gasteiger partial charge in [-0.2, -0.15) is 0 Å². The highest BCUT2D eigenvalue weighted by Crippen LogP contribution is 1.95. The molecule has 90 valence electrons. The Morgan fingerprint density at radius 2 is 2.07 bits per heavy atom. The van der Waals surface area contributed by atoms with Crippen LogP contribution < -0.4 is 11.1 Å². The summed E-state index contributed by atoms with van der Waals surface area (Å²) in [5.74, 6) is -0.348. The molecule has 1 unspecified atom stereocenters. The molecule has 0 fully saturated rings. The molecule has 0 aliphatic heterocycles. The van der Waals surface area contributed by atoms with Gasteiger partial charge in [-0.15, -0.1) is 0 Å². The Labute approximate surface area is 92.6 Å². The molecule has 0 rings (SSSR count). The Kier molecular flexibility index (Phi) is 8.33. The zero-order valence-corrected chi connectivity index (χ0v) is 10.1. The number of carbonyl (C=O) groups excluding carboxylic acids is 1. The van der Waals surface area contributed by atoms with Crippen LogP contribution in [0.3, 0.4) is 0 Å². The van der Waals surface area contributed by atoms with Crippen LogP contribution in [-0.2, 0) is 9.53 Å². The van der Waals surface area contributed by atoms with Crippen LogP contribution in [0.1, 0.15) is 40.0 Å². The van der Waals surface area contributed by atoms with Gasteiger partial charge in [0.15, 0.2) is 0 Å². The molecule has 4 heteroatoms. The van der Waals surface area contributed by atoms with Crippen LogP contribution in [0.5, 0.6) is 0 Å². The zero-order valence-electron chi connectivity index (χ0n) is 10.1. The minimum Gasteiger partial charge on any atom is -0.379 e. The molecule has 0 aromatic heterocycles. The van der Waals surface area contributed by atoms with Crippen LogP contribution in [0.15, 0.2) is 0 Å². The third-order valence-corrected chi connectivity index (χ3v) is 2.05. The Hall–Kier alpha value is -0.610. The van der Waals surface area contributed by atoms with Crippen molar-refractivity contribution in [3.63, 3.8) is 0 Å². The largest absolute Gasteiger partial charge is 0.379 e. The first-order chi connectivity index (χ1) is 7.07. The number of hydrogen-bond donors (Lipinski definition) is 2. The van der Waals surface area contributed by atoms with Gasteiger partial charge in [0, 0.05) is 12.6 Å². The predicted molar refractivity (Wildman–Crippen MR) is 61.6 cm³/mol. The second-order valence-corrected chi connectivity index (χ2v) is 4.06. The van der Waals surface area contributed by atoms with Gasteiger partial charge in [0.1, 0.15) is 6.04 Å². The van der Waals surface area contributed by atoms with Gasteiger partial charge in [0.05, 0.1) is 6.61 Å². The number of hydrogen-bond acceptors (Lipinski definition) is 3. The zero-order chi connectivity index (χ0) is 11.7. The van der Waals surface area contributed by atoms with Crippen molar-refractivity contribution in [3.05, 3.63) is 0 Å². The van der Waals surface area contributed by atoms with Gasteiger partial charge in [-0.3, -0.25) is 4.79 Å². The summed E-state index contributed by atoms with van der Waals surface area (Å²) in [4.78, 5) is 11.0. The molecule has 0 heterocycles. The van der Waals surface area contributed by atoms with Crippen LogP contribution in [0.4, 0.5) is 0 Å². The molecule has 0 saturated carbocycles. The number of unbranched alkanes of at least 4 members (excludes halogenated alkanes) is 2. The molecule has 0 aliphatic rings. The number of carbonyl (C=O) groups is 1. The molecule has 0 aromatic rings. The van der Waals surface area contributed by atoms with Gasteiger partial charge in [-0.1, -0.05) is 33.6 Å². The van der Waals surface area contributed by atoms with E-state index in [1.165, 1.54) is 12.8 Å². The fourth-order valence-corrected chi connectivity index (χ4v) is 1.27. The SMILES string of the molecule is CCCCCOCC(NC(C)C)C(N)=O. The minimum atomic E-state index is -0.369. The van der Waals surface area contributed by atoms with Gasteiger partial charge in [-0.25, -0.2) is 0 Å². The first-order valence-electron chi connectivity index (χ1n) is 5.71. The number of nitrogens with one attached hydrogen (secondary N) is 1. The highest BCUT2D eigenvalue weighted by molar-refractivity contribution is 5.80. The number of nitrogens with two attached hydrogens (primary N) is 1. The maximum Gasteiger partial charge on any atom is 0.236 e. The standard InChI is InChI=1S/C11H24N2O2/c1-4-5-6-7-15-8-10(11(12)14)13-9(2)3/h9-10,13H,4-8H2,1-3H3,(H2,12,14). The average Bonchev–Trinajstić information content (AvgIpc) is 2.15. The minimum absolute atomic E-state index is 0.238. The molecule has 0 bridgehead atoms. The highest BCUT2D eigenvalue weighted by Gasteiger charge is 2.15. The molecular formula is C11H24N2O2. The van der Waals surface area contributed by atoms with E-state index in [0.29, 0.717) is 13.2 Å². The van der Waals surface area contributed by atoms with Crippen molar-refractivity contribution in [3.8, 4) is 0 Å². The van der Waals surface area contributed by atoms with Crippen molar-refractivity contribution in [2.45, 2.75) is 52.1 Å². The van der Waals surface area contributed by atoms with Crippen molar-refractivity contribution in [1.82, 2.24) is 5.32 Å². The van der Waals surface area contributed by atoms with E-state index >= 15 is 0 Å². The van der Waals surface area contributed by atoms with Gasteiger partial charge < -0.3 is 15.8 Å². The summed E-state index contributed by atoms with van der Waals surface area (Å²) in [5.41, 5.74) is 5.24. The van der Waals surface area contributed by atoms with Gasteiger partial charge >= 0.3 is 0 Å². The van der Waals surface area contributed by atoms with Gasteiger partial charge in [0.25, 0.3) is 0 Å². The van der Waals surface area contributed by atoms with Crippen molar-refractivity contribution in [1.29, 1.82) is 0 Å². The fourth-order valence-electron chi connectivity index (χ4n) is 1.27. The number of ether oxygens (including phenoxy) is 1. The van der Waals surface area contributed by atoms with E-state index in [1.807, 2.05) is 13.8 Å². The molecule has 15 heavy (non-hydrogen) atoms. The normalized spacial score (nSPS) is 13.1. The monoisotopic (exact) mass is 216 g/mol. The molecule has 1 amide bonds. The molecule has 1 atom stereocenters. The second-order valence-electron chi connectivity index (χ2n) is 4.06. The lowest BCUT2D eigenvalue weighted by molar-refractivity contribution is -0.121. The molecule has 0 saturated heterocycles. The summed E-state index contributed by atoms with van der Waals surface area (Å²) in [6.45, 7) is 7.18. The quantitative estimate of drug-likeness (QED) is 0.566. The first-order valence-corrected chi connectivity index (χ1v) is 5.71. The van der Waals surface area contributed by atoms with E-state index in [4.69, 9.17) is 10.5 Å². The van der Waals surface area contributed by atoms with Crippen molar-refractivity contribution in [2.75, 3.05) is 13.2 Å². The average molecular weight is 216 g/mol. The number of rotatable bonds is 9. The van der Waals surface area contributed by atoms with Crippen molar-refractivity contribution in [2.24, 2.45) is 5.73 Å². The van der Waals surface area contributed by atoms with Crippen LogP contribution in [0, 0.1) is 0 Å². The highest BCUT2D eigenvalue weighted by atomic mass is 16.5. The second kappa shape index (κ2) is 8.68. The molecule has 0 radical (unpaired) electrons. The summed E-state index contributed by atoms with van der Waals surface area (Å²) >= 11 is 0. The maximum atomic E-state index is 11.0. The third-order valence-electron chi connectivity index (χ3n) is 2.05. The summed E-state index contributed by atoms with van der Waals surface area (Å²) in [6, 6.07) is -0.131. The smallest absolute Gasteiger partial charge is 0.236 e. The van der Waals surface area contributed by atoms with Gasteiger partial charge in [0.2, 0.25) is 5.91 Å². The van der Waals surface area contributed by atoms with Crippen LogP contribution in [-0.4, -0.2) is 31.2 Å². The fraction of sp³-hybridized carbons (Fsp3) is 0.909. The van der Waals surface area contributed by atoms with Crippen LogP contribution >= 0.6 is 0 Å². The summed E-state index contributed by atoms with van der Waals surface area (Å²) in [5, 5.41) is 3.07. The molecule has 0 spiro atoms. The lowest BCUT2D eigenvalue weighted by Gasteiger charge is -2.18. The topological polar surface area (TPSA) is 64.3 Å². The Balaban J connectivity index is 3.62. The maximum absolute atomic E-state index is 11.0. The lowest BCUT2D eigenvalue weighted by Crippen LogP contribution is -2.47. The predicted octanol–water partition coefficient (Wildman–Crippen LogP) is 1.05.